The first-order chi connectivity index (χ1) is 8.90. The first-order valence-electron chi connectivity index (χ1n) is 4.97. The van der Waals surface area contributed by atoms with Crippen LogP contribution in [0.1, 0.15) is 5.69 Å². The molecule has 19 heavy (non-hydrogen) atoms. The Morgan fingerprint density at radius 1 is 1.32 bits per heavy atom. The summed E-state index contributed by atoms with van der Waals surface area (Å²) in [7, 11) is -3.64. The van der Waals surface area contributed by atoms with Crippen molar-refractivity contribution in [3.8, 4) is 0 Å². The Morgan fingerprint density at radius 2 is 1.95 bits per heavy atom. The molecule has 0 aliphatic carbocycles. The lowest BCUT2D eigenvalue weighted by Crippen LogP contribution is -2.06. The van der Waals surface area contributed by atoms with Gasteiger partial charge in [0.15, 0.2) is 13.8 Å². The van der Waals surface area contributed by atoms with E-state index < -0.39 is 20.5 Å². The molecular formula is C10H7BrN2O4S2. The quantitative estimate of drug-likeness (QED) is 0.615. The van der Waals surface area contributed by atoms with E-state index in [-0.39, 0.29) is 19.5 Å². The monoisotopic (exact) mass is 362 g/mol. The second-order valence-electron chi connectivity index (χ2n) is 3.55. The van der Waals surface area contributed by atoms with Gasteiger partial charge in [-0.1, -0.05) is 18.2 Å². The summed E-state index contributed by atoms with van der Waals surface area (Å²) in [5, 5.41) is 10.6. The molecule has 0 radical (unpaired) electrons. The van der Waals surface area contributed by atoms with Crippen LogP contribution >= 0.6 is 27.3 Å². The van der Waals surface area contributed by atoms with E-state index in [0.717, 1.165) is 11.3 Å². The Bertz CT molecular complexity index is 712. The van der Waals surface area contributed by atoms with Crippen molar-refractivity contribution in [1.82, 2.24) is 4.98 Å². The number of sulfone groups is 1. The van der Waals surface area contributed by atoms with Crippen LogP contribution in [0.25, 0.3) is 0 Å². The largest absolute Gasteiger partial charge is 0.349 e. The highest BCUT2D eigenvalue weighted by molar-refractivity contribution is 9.11. The lowest BCUT2D eigenvalue weighted by Gasteiger charge is -2.01. The molecule has 0 saturated heterocycles. The van der Waals surface area contributed by atoms with Crippen LogP contribution in [0.4, 0.5) is 5.00 Å². The van der Waals surface area contributed by atoms with Gasteiger partial charge in [0.2, 0.25) is 0 Å². The molecule has 2 aromatic rings. The predicted molar refractivity (Wildman–Crippen MR) is 73.8 cm³/mol. The van der Waals surface area contributed by atoms with Crippen molar-refractivity contribution >= 4 is 42.1 Å². The normalized spacial score (nSPS) is 11.4. The molecular weight excluding hydrogens is 356 g/mol. The van der Waals surface area contributed by atoms with E-state index in [4.69, 9.17) is 0 Å². The molecule has 0 saturated carbocycles. The first kappa shape index (κ1) is 14.1. The molecule has 6 nitrogen and oxygen atoms in total. The smallest absolute Gasteiger partial charge is 0.257 e. The van der Waals surface area contributed by atoms with Gasteiger partial charge >= 0.3 is 5.00 Å². The summed E-state index contributed by atoms with van der Waals surface area (Å²) in [6.45, 7) is 0. The zero-order chi connectivity index (χ0) is 14.0. The summed E-state index contributed by atoms with van der Waals surface area (Å²) in [6, 6.07) is 7.78. The Balaban J connectivity index is 2.39. The molecule has 2 rings (SSSR count). The van der Waals surface area contributed by atoms with Gasteiger partial charge in [-0.05, 0) is 39.4 Å². The van der Waals surface area contributed by atoms with Gasteiger partial charge in [0.25, 0.3) is 0 Å². The molecule has 0 amide bonds. The fourth-order valence-corrected chi connectivity index (χ4v) is 4.13. The van der Waals surface area contributed by atoms with Crippen LogP contribution in [0, 0.1) is 10.1 Å². The fourth-order valence-electron chi connectivity index (χ4n) is 1.44. The van der Waals surface area contributed by atoms with E-state index in [1.807, 2.05) is 0 Å². The summed E-state index contributed by atoms with van der Waals surface area (Å²) < 4.78 is 24.5. The van der Waals surface area contributed by atoms with Gasteiger partial charge in [-0.3, -0.25) is 10.1 Å². The van der Waals surface area contributed by atoms with Crippen molar-refractivity contribution in [1.29, 1.82) is 0 Å². The maximum absolute atomic E-state index is 12.1. The number of nitrogens with zero attached hydrogens (tertiary/aromatic N) is 2. The maximum Gasteiger partial charge on any atom is 0.349 e. The number of nitro groups is 1. The third-order valence-electron chi connectivity index (χ3n) is 2.25. The minimum atomic E-state index is -3.64. The van der Waals surface area contributed by atoms with Crippen molar-refractivity contribution < 1.29 is 13.3 Å². The van der Waals surface area contributed by atoms with Crippen LogP contribution in [0.3, 0.4) is 0 Å². The van der Waals surface area contributed by atoms with Gasteiger partial charge in [0, 0.05) is 0 Å². The Kier molecular flexibility index (Phi) is 3.97. The van der Waals surface area contributed by atoms with Gasteiger partial charge in [0.05, 0.1) is 9.82 Å². The van der Waals surface area contributed by atoms with Crippen molar-refractivity contribution in [3.05, 3.63) is 50.1 Å². The molecule has 100 valence electrons. The SMILES string of the molecule is O=[N+]([O-])c1sc(Br)nc1CS(=O)(=O)c1ccccc1. The molecule has 0 bridgehead atoms. The molecule has 1 heterocycles. The molecule has 9 heteroatoms. The molecule has 1 aromatic heterocycles. The average molecular weight is 363 g/mol. The Labute approximate surface area is 121 Å². The van der Waals surface area contributed by atoms with E-state index in [1.54, 1.807) is 18.2 Å². The fraction of sp³-hybridized carbons (Fsp3) is 0.100. The molecule has 0 atom stereocenters. The highest BCUT2D eigenvalue weighted by Gasteiger charge is 2.26. The number of halogens is 1. The average Bonchev–Trinajstić information content (AvgIpc) is 2.71. The highest BCUT2D eigenvalue weighted by atomic mass is 79.9. The van der Waals surface area contributed by atoms with Crippen LogP contribution in [-0.2, 0) is 15.6 Å². The number of aromatic nitrogens is 1. The molecule has 0 N–H and O–H groups in total. The minimum Gasteiger partial charge on any atom is -0.257 e. The zero-order valence-electron chi connectivity index (χ0n) is 9.32. The van der Waals surface area contributed by atoms with Gasteiger partial charge < -0.3 is 0 Å². The van der Waals surface area contributed by atoms with Gasteiger partial charge in [-0.2, -0.15) is 0 Å². The van der Waals surface area contributed by atoms with E-state index in [9.17, 15) is 18.5 Å². The lowest BCUT2D eigenvalue weighted by atomic mass is 10.4. The third-order valence-corrected chi connectivity index (χ3v) is 5.39. The molecule has 1 aromatic carbocycles. The number of hydrogen-bond acceptors (Lipinski definition) is 6. The summed E-state index contributed by atoms with van der Waals surface area (Å²) in [5.41, 5.74) is -0.0503. The van der Waals surface area contributed by atoms with Crippen molar-refractivity contribution in [2.45, 2.75) is 10.6 Å². The standard InChI is InChI=1S/C10H7BrN2O4S2/c11-10-12-8(9(18-10)13(14)15)6-19(16,17)7-4-2-1-3-5-7/h1-5H,6H2. The zero-order valence-corrected chi connectivity index (χ0v) is 12.5. The van der Waals surface area contributed by atoms with Gasteiger partial charge in [-0.25, -0.2) is 13.4 Å². The van der Waals surface area contributed by atoms with Crippen LogP contribution in [0.2, 0.25) is 0 Å². The first-order valence-corrected chi connectivity index (χ1v) is 8.24. The van der Waals surface area contributed by atoms with Crippen molar-refractivity contribution in [2.24, 2.45) is 0 Å². The topological polar surface area (TPSA) is 90.2 Å². The predicted octanol–water partition coefficient (Wildman–Crippen LogP) is 2.79. The Morgan fingerprint density at radius 3 is 2.53 bits per heavy atom. The van der Waals surface area contributed by atoms with E-state index in [1.165, 1.54) is 12.1 Å². The second kappa shape index (κ2) is 5.35. The Hall–Kier alpha value is -1.32. The van der Waals surface area contributed by atoms with E-state index in [0.29, 0.717) is 0 Å². The highest BCUT2D eigenvalue weighted by Crippen LogP contribution is 2.32. The van der Waals surface area contributed by atoms with E-state index in [2.05, 4.69) is 20.9 Å². The second-order valence-corrected chi connectivity index (χ2v) is 7.79. The number of rotatable bonds is 4. The van der Waals surface area contributed by atoms with Gasteiger partial charge in [0.1, 0.15) is 11.4 Å². The molecule has 0 fully saturated rings. The molecule has 0 aliphatic heterocycles. The number of benzene rings is 1. The van der Waals surface area contributed by atoms with Crippen LogP contribution < -0.4 is 0 Å². The van der Waals surface area contributed by atoms with Crippen LogP contribution in [0.15, 0.2) is 39.1 Å². The summed E-state index contributed by atoms with van der Waals surface area (Å²) in [5.74, 6) is -0.491. The van der Waals surface area contributed by atoms with Gasteiger partial charge in [-0.15, -0.1) is 0 Å². The molecule has 0 aliphatic rings. The summed E-state index contributed by atoms with van der Waals surface area (Å²) >= 11 is 3.82. The van der Waals surface area contributed by atoms with Crippen molar-refractivity contribution in [3.63, 3.8) is 0 Å². The number of thiazole rings is 1. The van der Waals surface area contributed by atoms with Crippen LogP contribution in [-0.4, -0.2) is 18.3 Å². The number of hydrogen-bond donors (Lipinski definition) is 0. The minimum absolute atomic E-state index is 0.0503. The summed E-state index contributed by atoms with van der Waals surface area (Å²) in [6.07, 6.45) is 0. The molecule has 0 spiro atoms. The molecule has 0 unspecified atom stereocenters. The van der Waals surface area contributed by atoms with E-state index >= 15 is 0 Å². The lowest BCUT2D eigenvalue weighted by molar-refractivity contribution is -0.381. The summed E-state index contributed by atoms with van der Waals surface area (Å²) in [4.78, 5) is 14.2. The maximum atomic E-state index is 12.1. The van der Waals surface area contributed by atoms with Crippen molar-refractivity contribution in [2.75, 3.05) is 0 Å². The van der Waals surface area contributed by atoms with Crippen LogP contribution in [0.5, 0.6) is 0 Å². The third kappa shape index (κ3) is 3.17.